The molecule has 0 atom stereocenters. The van der Waals surface area contributed by atoms with Crippen LogP contribution in [-0.4, -0.2) is 46.9 Å². The van der Waals surface area contributed by atoms with Gasteiger partial charge in [-0.15, -0.1) is 0 Å². The molecule has 1 aliphatic rings. The predicted octanol–water partition coefficient (Wildman–Crippen LogP) is 3.14. The Labute approximate surface area is 155 Å². The number of carbonyl (C=O) groups excluding carboxylic acids is 1. The zero-order chi connectivity index (χ0) is 18.5. The van der Waals surface area contributed by atoms with Gasteiger partial charge in [0.1, 0.15) is 0 Å². The molecule has 0 saturated heterocycles. The van der Waals surface area contributed by atoms with Crippen molar-refractivity contribution in [3.05, 3.63) is 36.4 Å². The maximum absolute atomic E-state index is 12.6. The molecule has 0 bridgehead atoms. The molecule has 1 fully saturated rings. The van der Waals surface area contributed by atoms with E-state index in [1.165, 1.54) is 25.7 Å². The van der Waals surface area contributed by atoms with Crippen LogP contribution < -0.4 is 4.90 Å². The number of hydrogen-bond donors (Lipinski definition) is 0. The van der Waals surface area contributed by atoms with Crippen LogP contribution in [-0.2, 0) is 11.3 Å². The number of anilines is 1. The molecule has 0 spiro atoms. The van der Waals surface area contributed by atoms with Gasteiger partial charge in [0, 0.05) is 51.7 Å². The highest BCUT2D eigenvalue weighted by Gasteiger charge is 2.22. The number of pyridine rings is 1. The van der Waals surface area contributed by atoms with E-state index in [4.69, 9.17) is 4.98 Å². The molecule has 3 rings (SSSR count). The molecule has 2 aromatic heterocycles. The van der Waals surface area contributed by atoms with Crippen LogP contribution in [0.1, 0.15) is 37.8 Å². The molecule has 2 aromatic rings. The number of aromatic nitrogens is 3. The average Bonchev–Trinajstić information content (AvgIpc) is 3.15. The molecular formula is C20H27N5O. The van der Waals surface area contributed by atoms with Gasteiger partial charge in [0.05, 0.1) is 12.2 Å². The van der Waals surface area contributed by atoms with Crippen molar-refractivity contribution in [2.45, 2.75) is 38.6 Å². The van der Waals surface area contributed by atoms with Crippen molar-refractivity contribution < 1.29 is 4.79 Å². The largest absolute Gasteiger partial charge is 0.347 e. The average molecular weight is 353 g/mol. The Morgan fingerprint density at radius 3 is 2.50 bits per heavy atom. The molecule has 6 nitrogen and oxygen atoms in total. The third-order valence-corrected chi connectivity index (χ3v) is 5.00. The Morgan fingerprint density at radius 2 is 1.85 bits per heavy atom. The Hall–Kier alpha value is -2.50. The molecule has 0 unspecified atom stereocenters. The first-order chi connectivity index (χ1) is 12.5. The smallest absolute Gasteiger partial charge is 0.225 e. The summed E-state index contributed by atoms with van der Waals surface area (Å²) in [5.41, 5.74) is 2.81. The van der Waals surface area contributed by atoms with Crippen LogP contribution in [0.5, 0.6) is 0 Å². The minimum atomic E-state index is 0.197. The zero-order valence-electron chi connectivity index (χ0n) is 15.9. The molecule has 1 amide bonds. The van der Waals surface area contributed by atoms with Crippen molar-refractivity contribution in [1.82, 2.24) is 19.9 Å². The molecule has 0 aromatic carbocycles. The van der Waals surface area contributed by atoms with E-state index in [-0.39, 0.29) is 5.91 Å². The lowest BCUT2D eigenvalue weighted by atomic mass is 10.0. The fourth-order valence-corrected chi connectivity index (χ4v) is 3.45. The highest BCUT2D eigenvalue weighted by molar-refractivity contribution is 5.76. The van der Waals surface area contributed by atoms with Crippen molar-refractivity contribution >= 4 is 11.9 Å². The van der Waals surface area contributed by atoms with Crippen LogP contribution in [0.25, 0.3) is 11.1 Å². The summed E-state index contributed by atoms with van der Waals surface area (Å²) in [5, 5.41) is 0. The van der Waals surface area contributed by atoms with Gasteiger partial charge in [-0.3, -0.25) is 9.78 Å². The Kier molecular flexibility index (Phi) is 5.81. The van der Waals surface area contributed by atoms with E-state index in [0.29, 0.717) is 24.8 Å². The van der Waals surface area contributed by atoms with Gasteiger partial charge in [-0.25, -0.2) is 9.97 Å². The lowest BCUT2D eigenvalue weighted by Crippen LogP contribution is -2.28. The number of carbonyl (C=O) groups is 1. The van der Waals surface area contributed by atoms with E-state index in [1.807, 2.05) is 44.4 Å². The normalized spacial score (nSPS) is 14.4. The van der Waals surface area contributed by atoms with Crippen molar-refractivity contribution in [1.29, 1.82) is 0 Å². The standard InChI is InChI=1S/C20H27N5O/c1-24(2)20-22-13-17(16-8-10-21-11-9-16)18(23-20)14-25(3)19(26)12-15-6-4-5-7-15/h8-11,13,15H,4-7,12,14H2,1-3H3. The maximum atomic E-state index is 12.6. The van der Waals surface area contributed by atoms with E-state index in [0.717, 1.165) is 16.8 Å². The van der Waals surface area contributed by atoms with Crippen molar-refractivity contribution in [2.24, 2.45) is 5.92 Å². The summed E-state index contributed by atoms with van der Waals surface area (Å²) in [7, 11) is 5.70. The van der Waals surface area contributed by atoms with Crippen molar-refractivity contribution in [3.63, 3.8) is 0 Å². The highest BCUT2D eigenvalue weighted by atomic mass is 16.2. The lowest BCUT2D eigenvalue weighted by Gasteiger charge is -2.21. The summed E-state index contributed by atoms with van der Waals surface area (Å²) >= 11 is 0. The van der Waals surface area contributed by atoms with Crippen LogP contribution in [0.3, 0.4) is 0 Å². The summed E-state index contributed by atoms with van der Waals surface area (Å²) in [6.45, 7) is 0.479. The summed E-state index contributed by atoms with van der Waals surface area (Å²) in [6.07, 6.45) is 10.9. The summed E-state index contributed by atoms with van der Waals surface area (Å²) < 4.78 is 0. The first-order valence-electron chi connectivity index (χ1n) is 9.22. The fraction of sp³-hybridized carbons (Fsp3) is 0.500. The summed E-state index contributed by atoms with van der Waals surface area (Å²) in [5.74, 6) is 1.39. The first kappa shape index (κ1) is 18.3. The molecule has 0 aliphatic heterocycles. The van der Waals surface area contributed by atoms with Gasteiger partial charge in [-0.2, -0.15) is 0 Å². The van der Waals surface area contributed by atoms with Crippen LogP contribution in [0.2, 0.25) is 0 Å². The quantitative estimate of drug-likeness (QED) is 0.798. The maximum Gasteiger partial charge on any atom is 0.225 e. The molecular weight excluding hydrogens is 326 g/mol. The highest BCUT2D eigenvalue weighted by Crippen LogP contribution is 2.29. The van der Waals surface area contributed by atoms with Gasteiger partial charge in [-0.05, 0) is 36.5 Å². The number of hydrogen-bond acceptors (Lipinski definition) is 5. The molecule has 2 heterocycles. The number of amides is 1. The number of rotatable bonds is 6. The molecule has 0 N–H and O–H groups in total. The molecule has 138 valence electrons. The van der Waals surface area contributed by atoms with Gasteiger partial charge < -0.3 is 9.80 Å². The lowest BCUT2D eigenvalue weighted by molar-refractivity contribution is -0.131. The van der Waals surface area contributed by atoms with Crippen molar-refractivity contribution in [3.8, 4) is 11.1 Å². The zero-order valence-corrected chi connectivity index (χ0v) is 15.9. The van der Waals surface area contributed by atoms with E-state index >= 15 is 0 Å². The Balaban J connectivity index is 1.81. The van der Waals surface area contributed by atoms with E-state index in [2.05, 4.69) is 9.97 Å². The van der Waals surface area contributed by atoms with Gasteiger partial charge in [0.25, 0.3) is 0 Å². The van der Waals surface area contributed by atoms with Gasteiger partial charge in [0.15, 0.2) is 0 Å². The van der Waals surface area contributed by atoms with Gasteiger partial charge in [-0.1, -0.05) is 12.8 Å². The summed E-state index contributed by atoms with van der Waals surface area (Å²) in [6, 6.07) is 3.88. The predicted molar refractivity (Wildman–Crippen MR) is 103 cm³/mol. The molecule has 0 radical (unpaired) electrons. The van der Waals surface area contributed by atoms with E-state index in [1.54, 1.807) is 17.3 Å². The third kappa shape index (κ3) is 4.36. The third-order valence-electron chi connectivity index (χ3n) is 5.00. The molecule has 26 heavy (non-hydrogen) atoms. The second-order valence-electron chi connectivity index (χ2n) is 7.27. The van der Waals surface area contributed by atoms with Crippen LogP contribution in [0, 0.1) is 5.92 Å². The monoisotopic (exact) mass is 353 g/mol. The SMILES string of the molecule is CN(Cc1nc(N(C)C)ncc1-c1ccncc1)C(=O)CC1CCCC1. The second-order valence-corrected chi connectivity index (χ2v) is 7.27. The van der Waals surface area contributed by atoms with E-state index < -0.39 is 0 Å². The van der Waals surface area contributed by atoms with Crippen LogP contribution >= 0.6 is 0 Å². The van der Waals surface area contributed by atoms with Gasteiger partial charge >= 0.3 is 0 Å². The van der Waals surface area contributed by atoms with Crippen molar-refractivity contribution in [2.75, 3.05) is 26.0 Å². The van der Waals surface area contributed by atoms with Gasteiger partial charge in [0.2, 0.25) is 11.9 Å². The molecule has 6 heteroatoms. The topological polar surface area (TPSA) is 62.2 Å². The molecule has 1 aliphatic carbocycles. The summed E-state index contributed by atoms with van der Waals surface area (Å²) in [4.78, 5) is 29.5. The van der Waals surface area contributed by atoms with Crippen LogP contribution in [0.4, 0.5) is 5.95 Å². The first-order valence-corrected chi connectivity index (χ1v) is 9.22. The number of nitrogens with zero attached hydrogens (tertiary/aromatic N) is 5. The fourth-order valence-electron chi connectivity index (χ4n) is 3.45. The Morgan fingerprint density at radius 1 is 1.15 bits per heavy atom. The second kappa shape index (κ2) is 8.25. The molecule has 1 saturated carbocycles. The Bertz CT molecular complexity index is 741. The minimum Gasteiger partial charge on any atom is -0.347 e. The van der Waals surface area contributed by atoms with Crippen LogP contribution in [0.15, 0.2) is 30.7 Å². The minimum absolute atomic E-state index is 0.197. The van der Waals surface area contributed by atoms with E-state index in [9.17, 15) is 4.79 Å².